The van der Waals surface area contributed by atoms with E-state index in [0.29, 0.717) is 19.1 Å². The van der Waals surface area contributed by atoms with Crippen LogP contribution in [0.1, 0.15) is 11.1 Å². The molecule has 0 saturated heterocycles. The number of ether oxygens (including phenoxy) is 1. The summed E-state index contributed by atoms with van der Waals surface area (Å²) in [6.07, 6.45) is 1.30. The second kappa shape index (κ2) is 5.12. The van der Waals surface area contributed by atoms with Crippen molar-refractivity contribution in [3.63, 3.8) is 0 Å². The molecule has 2 unspecified atom stereocenters. The third-order valence-corrected chi connectivity index (χ3v) is 3.34. The summed E-state index contributed by atoms with van der Waals surface area (Å²) >= 11 is 0. The highest BCUT2D eigenvalue weighted by molar-refractivity contribution is 6.06. The zero-order valence-electron chi connectivity index (χ0n) is 10.1. The van der Waals surface area contributed by atoms with E-state index < -0.39 is 17.8 Å². The number of esters is 1. The van der Waals surface area contributed by atoms with Gasteiger partial charge in [0, 0.05) is 0 Å². The summed E-state index contributed by atoms with van der Waals surface area (Å²) in [6, 6.07) is 7.49. The van der Waals surface area contributed by atoms with Gasteiger partial charge in [0.05, 0.1) is 13.0 Å². The maximum absolute atomic E-state index is 12.1. The summed E-state index contributed by atoms with van der Waals surface area (Å²) < 4.78 is 4.65. The van der Waals surface area contributed by atoms with Crippen LogP contribution in [0, 0.1) is 11.8 Å². The van der Waals surface area contributed by atoms with Crippen molar-refractivity contribution in [2.75, 3.05) is 7.11 Å². The van der Waals surface area contributed by atoms with E-state index in [2.05, 4.69) is 4.74 Å². The number of ketones is 1. The molecule has 1 aromatic rings. The average Bonchev–Trinajstić information content (AvgIpc) is 2.55. The maximum Gasteiger partial charge on any atom is 0.316 e. The molecule has 2 rings (SSSR count). The molecule has 4 nitrogen and oxygen atoms in total. The zero-order chi connectivity index (χ0) is 13.1. The van der Waals surface area contributed by atoms with Crippen molar-refractivity contribution in [1.29, 1.82) is 0 Å². The molecule has 94 valence electrons. The molecule has 0 aromatic heterocycles. The lowest BCUT2D eigenvalue weighted by atomic mass is 9.91. The summed E-state index contributed by atoms with van der Waals surface area (Å²) in [5.74, 6) is -2.52. The van der Waals surface area contributed by atoms with Crippen LogP contribution in [0.2, 0.25) is 0 Å². The van der Waals surface area contributed by atoms with Gasteiger partial charge in [-0.05, 0) is 24.0 Å². The minimum absolute atomic E-state index is 0.312. The third kappa shape index (κ3) is 2.18. The van der Waals surface area contributed by atoms with E-state index in [1.165, 1.54) is 7.11 Å². The fraction of sp³-hybridized carbons (Fsp3) is 0.357. The van der Waals surface area contributed by atoms with Crippen molar-refractivity contribution in [2.24, 2.45) is 11.8 Å². The highest BCUT2D eigenvalue weighted by atomic mass is 16.5. The van der Waals surface area contributed by atoms with E-state index in [1.54, 1.807) is 0 Å². The van der Waals surface area contributed by atoms with Crippen LogP contribution in [-0.2, 0) is 32.0 Å². The molecule has 0 bridgehead atoms. The van der Waals surface area contributed by atoms with Gasteiger partial charge in [0.15, 0.2) is 5.78 Å². The summed E-state index contributed by atoms with van der Waals surface area (Å²) in [6.45, 7) is 0. The lowest BCUT2D eigenvalue weighted by Crippen LogP contribution is -2.32. The molecule has 0 spiro atoms. The van der Waals surface area contributed by atoms with Crippen LogP contribution >= 0.6 is 0 Å². The topological polar surface area (TPSA) is 60.4 Å². The SMILES string of the molecule is COC(=O)C1Cc2ccccc2CC(C=O)C1=O. The first-order valence-electron chi connectivity index (χ1n) is 5.81. The fourth-order valence-corrected chi connectivity index (χ4v) is 2.33. The van der Waals surface area contributed by atoms with Crippen LogP contribution < -0.4 is 0 Å². The highest BCUT2D eigenvalue weighted by Gasteiger charge is 2.36. The molecule has 1 aliphatic carbocycles. The van der Waals surface area contributed by atoms with Crippen molar-refractivity contribution >= 4 is 18.0 Å². The molecular formula is C14H14O4. The van der Waals surface area contributed by atoms with Crippen LogP contribution in [0.25, 0.3) is 0 Å². The van der Waals surface area contributed by atoms with E-state index in [4.69, 9.17) is 0 Å². The second-order valence-electron chi connectivity index (χ2n) is 4.40. The smallest absolute Gasteiger partial charge is 0.316 e. The van der Waals surface area contributed by atoms with Crippen LogP contribution in [0.3, 0.4) is 0 Å². The molecule has 4 heteroatoms. The monoisotopic (exact) mass is 246 g/mol. The van der Waals surface area contributed by atoms with E-state index in [-0.39, 0.29) is 5.78 Å². The van der Waals surface area contributed by atoms with Crippen LogP contribution in [0.5, 0.6) is 0 Å². The van der Waals surface area contributed by atoms with Gasteiger partial charge in [-0.1, -0.05) is 24.3 Å². The van der Waals surface area contributed by atoms with Gasteiger partial charge in [-0.3, -0.25) is 9.59 Å². The Morgan fingerprint density at radius 2 is 1.89 bits per heavy atom. The lowest BCUT2D eigenvalue weighted by Gasteiger charge is -2.12. The van der Waals surface area contributed by atoms with E-state index in [1.807, 2.05) is 24.3 Å². The second-order valence-corrected chi connectivity index (χ2v) is 4.40. The van der Waals surface area contributed by atoms with Gasteiger partial charge in [0.2, 0.25) is 0 Å². The van der Waals surface area contributed by atoms with Gasteiger partial charge in [-0.2, -0.15) is 0 Å². The molecule has 0 N–H and O–H groups in total. The van der Waals surface area contributed by atoms with Crippen molar-refractivity contribution < 1.29 is 19.1 Å². The maximum atomic E-state index is 12.1. The molecule has 18 heavy (non-hydrogen) atoms. The number of benzene rings is 1. The Morgan fingerprint density at radius 1 is 1.28 bits per heavy atom. The Labute approximate surface area is 105 Å². The number of fused-ring (bicyclic) bond motifs is 1. The Kier molecular flexibility index (Phi) is 3.55. The van der Waals surface area contributed by atoms with Crippen LogP contribution in [0.15, 0.2) is 24.3 Å². The van der Waals surface area contributed by atoms with Crippen molar-refractivity contribution in [3.05, 3.63) is 35.4 Å². The average molecular weight is 246 g/mol. The van der Waals surface area contributed by atoms with Gasteiger partial charge in [0.1, 0.15) is 12.2 Å². The van der Waals surface area contributed by atoms with Gasteiger partial charge in [-0.15, -0.1) is 0 Å². The van der Waals surface area contributed by atoms with E-state index >= 15 is 0 Å². The molecule has 0 fully saturated rings. The lowest BCUT2D eigenvalue weighted by molar-refractivity contribution is -0.150. The normalized spacial score (nSPS) is 22.8. The fourth-order valence-electron chi connectivity index (χ4n) is 2.33. The summed E-state index contributed by atoms with van der Waals surface area (Å²) in [5.41, 5.74) is 1.89. The van der Waals surface area contributed by atoms with Crippen molar-refractivity contribution in [3.8, 4) is 0 Å². The number of carbonyl (C=O) groups is 3. The number of aldehydes is 1. The standard InChI is InChI=1S/C14H14O4/c1-18-14(17)12-7-10-5-3-2-4-9(10)6-11(8-15)13(12)16/h2-5,8,11-12H,6-7H2,1H3. The molecule has 2 atom stereocenters. The largest absolute Gasteiger partial charge is 0.468 e. The molecule has 0 amide bonds. The summed E-state index contributed by atoms with van der Waals surface area (Å²) in [5, 5.41) is 0. The van der Waals surface area contributed by atoms with Crippen LogP contribution in [-0.4, -0.2) is 25.1 Å². The van der Waals surface area contributed by atoms with Gasteiger partial charge in [-0.25, -0.2) is 0 Å². The molecule has 0 radical (unpaired) electrons. The molecule has 0 saturated carbocycles. The number of hydrogen-bond donors (Lipinski definition) is 0. The first-order valence-corrected chi connectivity index (χ1v) is 5.81. The number of hydrogen-bond acceptors (Lipinski definition) is 4. The number of Topliss-reactive ketones (excluding diaryl/α,β-unsaturated/α-hetero) is 1. The molecule has 0 heterocycles. The minimum atomic E-state index is -0.867. The molecule has 0 aliphatic heterocycles. The Morgan fingerprint density at radius 3 is 2.44 bits per heavy atom. The minimum Gasteiger partial charge on any atom is -0.468 e. The van der Waals surface area contributed by atoms with E-state index in [0.717, 1.165) is 11.1 Å². The van der Waals surface area contributed by atoms with Gasteiger partial charge < -0.3 is 9.53 Å². The summed E-state index contributed by atoms with van der Waals surface area (Å²) in [4.78, 5) is 34.8. The predicted molar refractivity (Wildman–Crippen MR) is 63.9 cm³/mol. The highest BCUT2D eigenvalue weighted by Crippen LogP contribution is 2.25. The number of methoxy groups -OCH3 is 1. The number of rotatable bonds is 2. The summed E-state index contributed by atoms with van der Waals surface area (Å²) in [7, 11) is 1.25. The first-order chi connectivity index (χ1) is 8.67. The molecule has 1 aliphatic rings. The molecule has 1 aromatic carbocycles. The van der Waals surface area contributed by atoms with Crippen molar-refractivity contribution in [2.45, 2.75) is 12.8 Å². The Balaban J connectivity index is 2.42. The Hall–Kier alpha value is -1.97. The quantitative estimate of drug-likeness (QED) is 0.337. The van der Waals surface area contributed by atoms with Crippen molar-refractivity contribution in [1.82, 2.24) is 0 Å². The van der Waals surface area contributed by atoms with Gasteiger partial charge in [0.25, 0.3) is 0 Å². The molecular weight excluding hydrogens is 232 g/mol. The Bertz CT molecular complexity index is 492. The zero-order valence-corrected chi connectivity index (χ0v) is 10.1. The number of carbonyl (C=O) groups excluding carboxylic acids is 3. The van der Waals surface area contributed by atoms with E-state index in [9.17, 15) is 14.4 Å². The third-order valence-electron chi connectivity index (χ3n) is 3.34. The predicted octanol–water partition coefficient (Wildman–Crippen LogP) is 0.959. The van der Waals surface area contributed by atoms with Gasteiger partial charge >= 0.3 is 5.97 Å². The van der Waals surface area contributed by atoms with Crippen LogP contribution in [0.4, 0.5) is 0 Å². The first kappa shape index (κ1) is 12.5.